The zero-order chi connectivity index (χ0) is 12.7. The van der Waals surface area contributed by atoms with E-state index in [0.29, 0.717) is 5.56 Å². The van der Waals surface area contributed by atoms with Gasteiger partial charge in [0.1, 0.15) is 6.10 Å². The molecular formula is C14H13NO3. The molecule has 0 aromatic heterocycles. The smallest absolute Gasteiger partial charge is 0.335 e. The first-order valence-electron chi connectivity index (χ1n) is 5.83. The highest BCUT2D eigenvalue weighted by atomic mass is 16.6. The van der Waals surface area contributed by atoms with Crippen molar-refractivity contribution in [2.24, 2.45) is 0 Å². The van der Waals surface area contributed by atoms with Crippen molar-refractivity contribution in [3.63, 3.8) is 0 Å². The Labute approximate surface area is 104 Å². The first-order valence-corrected chi connectivity index (χ1v) is 5.83. The van der Waals surface area contributed by atoms with Crippen LogP contribution in [0.5, 0.6) is 0 Å². The summed E-state index contributed by atoms with van der Waals surface area (Å²) in [5, 5.41) is 14.2. The van der Waals surface area contributed by atoms with Gasteiger partial charge in [-0.25, -0.2) is 4.79 Å². The van der Waals surface area contributed by atoms with Crippen LogP contribution in [0.1, 0.15) is 17.3 Å². The molecule has 0 radical (unpaired) electrons. The van der Waals surface area contributed by atoms with Crippen LogP contribution in [0.2, 0.25) is 0 Å². The molecule has 1 saturated heterocycles. The molecule has 1 aliphatic rings. The number of fused-ring (bicyclic) bond motifs is 1. The van der Waals surface area contributed by atoms with E-state index in [0.717, 1.165) is 16.5 Å². The summed E-state index contributed by atoms with van der Waals surface area (Å²) in [6, 6.07) is 11.0. The molecule has 2 atom stereocenters. The average molecular weight is 243 g/mol. The third-order valence-corrected chi connectivity index (χ3v) is 3.14. The molecule has 1 heterocycles. The minimum absolute atomic E-state index is 0.0316. The Kier molecular flexibility index (Phi) is 2.45. The fourth-order valence-electron chi connectivity index (χ4n) is 2.02. The SMILES string of the molecule is CC1OC1Nc1cccc2ccc(C(=O)O)cc12. The molecule has 0 saturated carbocycles. The molecule has 4 nitrogen and oxygen atoms in total. The number of rotatable bonds is 3. The molecule has 0 aliphatic carbocycles. The van der Waals surface area contributed by atoms with Gasteiger partial charge in [-0.1, -0.05) is 18.2 Å². The number of aromatic carboxylic acids is 1. The van der Waals surface area contributed by atoms with Crippen molar-refractivity contribution >= 4 is 22.4 Å². The third kappa shape index (κ3) is 1.91. The van der Waals surface area contributed by atoms with Crippen molar-refractivity contribution in [2.75, 3.05) is 5.32 Å². The number of hydrogen-bond acceptors (Lipinski definition) is 3. The maximum Gasteiger partial charge on any atom is 0.335 e. The van der Waals surface area contributed by atoms with Crippen LogP contribution in [0.25, 0.3) is 10.8 Å². The fraction of sp³-hybridized carbons (Fsp3) is 0.214. The fourth-order valence-corrected chi connectivity index (χ4v) is 2.02. The maximum atomic E-state index is 11.0. The van der Waals surface area contributed by atoms with Crippen LogP contribution in [-0.4, -0.2) is 23.4 Å². The second-order valence-electron chi connectivity index (χ2n) is 4.45. The lowest BCUT2D eigenvalue weighted by molar-refractivity contribution is 0.0697. The van der Waals surface area contributed by atoms with Gasteiger partial charge in [0.2, 0.25) is 0 Å². The van der Waals surface area contributed by atoms with Gasteiger partial charge in [-0.2, -0.15) is 0 Å². The zero-order valence-corrected chi connectivity index (χ0v) is 9.88. The van der Waals surface area contributed by atoms with Crippen LogP contribution in [0, 0.1) is 0 Å². The number of hydrogen-bond donors (Lipinski definition) is 2. The van der Waals surface area contributed by atoms with Crippen LogP contribution in [-0.2, 0) is 4.74 Å². The molecule has 2 aromatic rings. The number of carbonyl (C=O) groups is 1. The molecule has 0 bridgehead atoms. The van der Waals surface area contributed by atoms with Crippen molar-refractivity contribution in [3.8, 4) is 0 Å². The second kappa shape index (κ2) is 3.99. The number of benzene rings is 2. The number of nitrogens with one attached hydrogen (secondary N) is 1. The molecule has 0 spiro atoms. The Bertz CT molecular complexity index is 623. The molecule has 1 aliphatic heterocycles. The van der Waals surface area contributed by atoms with Crippen LogP contribution < -0.4 is 5.32 Å². The Hall–Kier alpha value is -2.07. The minimum atomic E-state index is -0.914. The maximum absolute atomic E-state index is 11.0. The van der Waals surface area contributed by atoms with Gasteiger partial charge in [-0.15, -0.1) is 0 Å². The van der Waals surface area contributed by atoms with Gasteiger partial charge in [0.15, 0.2) is 6.23 Å². The Morgan fingerprint density at radius 2 is 2.11 bits per heavy atom. The summed E-state index contributed by atoms with van der Waals surface area (Å²) in [4.78, 5) is 11.0. The molecule has 2 N–H and O–H groups in total. The average Bonchev–Trinajstić information content (AvgIpc) is 3.05. The van der Waals surface area contributed by atoms with E-state index in [9.17, 15) is 4.79 Å². The number of carboxylic acids is 1. The van der Waals surface area contributed by atoms with Gasteiger partial charge in [-0.05, 0) is 30.5 Å². The monoisotopic (exact) mass is 243 g/mol. The molecule has 0 amide bonds. The van der Waals surface area contributed by atoms with Gasteiger partial charge >= 0.3 is 5.97 Å². The zero-order valence-electron chi connectivity index (χ0n) is 9.88. The minimum Gasteiger partial charge on any atom is -0.478 e. The summed E-state index contributed by atoms with van der Waals surface area (Å²) in [6.07, 6.45) is 0.243. The second-order valence-corrected chi connectivity index (χ2v) is 4.45. The molecule has 2 unspecified atom stereocenters. The number of carboxylic acid groups (broad SMARTS) is 1. The standard InChI is InChI=1S/C14H13NO3/c1-8-13(18-8)15-12-4-2-3-9-5-6-10(14(16)17)7-11(9)12/h2-8,13,15H,1H3,(H,16,17). The largest absolute Gasteiger partial charge is 0.478 e. The molecule has 1 fully saturated rings. The lowest BCUT2D eigenvalue weighted by Crippen LogP contribution is -2.06. The van der Waals surface area contributed by atoms with Gasteiger partial charge in [0.25, 0.3) is 0 Å². The lowest BCUT2D eigenvalue weighted by Gasteiger charge is -2.08. The molecule has 2 aromatic carbocycles. The Balaban J connectivity index is 2.06. The number of epoxide rings is 1. The summed E-state index contributed by atoms with van der Waals surface area (Å²) in [7, 11) is 0. The lowest BCUT2D eigenvalue weighted by atomic mass is 10.1. The van der Waals surface area contributed by atoms with Crippen LogP contribution >= 0.6 is 0 Å². The van der Waals surface area contributed by atoms with E-state index in [1.807, 2.05) is 31.2 Å². The van der Waals surface area contributed by atoms with Gasteiger partial charge in [0.05, 0.1) is 5.56 Å². The first-order chi connectivity index (χ1) is 8.65. The van der Waals surface area contributed by atoms with E-state index < -0.39 is 5.97 Å². The summed E-state index contributed by atoms with van der Waals surface area (Å²) in [5.41, 5.74) is 1.20. The topological polar surface area (TPSA) is 61.9 Å². The van der Waals surface area contributed by atoms with Crippen molar-refractivity contribution in [3.05, 3.63) is 42.0 Å². The number of ether oxygens (including phenoxy) is 1. The first kappa shape index (κ1) is 11.0. The van der Waals surface area contributed by atoms with Crippen LogP contribution in [0.15, 0.2) is 36.4 Å². The van der Waals surface area contributed by atoms with Gasteiger partial charge in [-0.3, -0.25) is 0 Å². The molecule has 92 valence electrons. The van der Waals surface area contributed by atoms with E-state index >= 15 is 0 Å². The Morgan fingerprint density at radius 3 is 2.78 bits per heavy atom. The van der Waals surface area contributed by atoms with Crippen molar-refractivity contribution in [1.29, 1.82) is 0 Å². The van der Waals surface area contributed by atoms with E-state index in [4.69, 9.17) is 9.84 Å². The summed E-state index contributed by atoms with van der Waals surface area (Å²) in [6.45, 7) is 1.99. The summed E-state index contributed by atoms with van der Waals surface area (Å²) < 4.78 is 5.32. The van der Waals surface area contributed by atoms with E-state index in [1.165, 1.54) is 0 Å². The quantitative estimate of drug-likeness (QED) is 0.813. The highest BCUT2D eigenvalue weighted by Crippen LogP contribution is 2.29. The van der Waals surface area contributed by atoms with Crippen molar-refractivity contribution < 1.29 is 14.6 Å². The van der Waals surface area contributed by atoms with Crippen LogP contribution in [0.4, 0.5) is 5.69 Å². The van der Waals surface area contributed by atoms with E-state index in [2.05, 4.69) is 5.32 Å². The highest BCUT2D eigenvalue weighted by Gasteiger charge is 2.34. The van der Waals surface area contributed by atoms with Crippen molar-refractivity contribution in [1.82, 2.24) is 0 Å². The molecule has 4 heteroatoms. The number of anilines is 1. The van der Waals surface area contributed by atoms with Gasteiger partial charge < -0.3 is 15.2 Å². The predicted molar refractivity (Wildman–Crippen MR) is 68.9 cm³/mol. The van der Waals surface area contributed by atoms with E-state index in [1.54, 1.807) is 12.1 Å². The van der Waals surface area contributed by atoms with Gasteiger partial charge in [0, 0.05) is 11.1 Å². The summed E-state index contributed by atoms with van der Waals surface area (Å²) >= 11 is 0. The predicted octanol–water partition coefficient (Wildman–Crippen LogP) is 2.69. The molecule has 18 heavy (non-hydrogen) atoms. The normalized spacial score (nSPS) is 21.8. The highest BCUT2D eigenvalue weighted by molar-refractivity contribution is 5.99. The summed E-state index contributed by atoms with van der Waals surface area (Å²) in [5.74, 6) is -0.914. The molecule has 3 rings (SSSR count). The van der Waals surface area contributed by atoms with E-state index in [-0.39, 0.29) is 12.3 Å². The van der Waals surface area contributed by atoms with Crippen molar-refractivity contribution in [2.45, 2.75) is 19.3 Å². The van der Waals surface area contributed by atoms with Crippen LogP contribution in [0.3, 0.4) is 0 Å². The third-order valence-electron chi connectivity index (χ3n) is 3.14. The Morgan fingerprint density at radius 1 is 1.33 bits per heavy atom. The molecular weight excluding hydrogens is 230 g/mol.